The number of hydrogen-bond donors (Lipinski definition) is 1. The van der Waals surface area contributed by atoms with Crippen molar-refractivity contribution in [2.75, 3.05) is 5.73 Å². The topological polar surface area (TPSA) is 43.3 Å². The molecule has 2 heterocycles. The van der Waals surface area contributed by atoms with Gasteiger partial charge >= 0.3 is 0 Å². The molecule has 0 bridgehead atoms. The summed E-state index contributed by atoms with van der Waals surface area (Å²) in [6, 6.07) is 9.69. The summed E-state index contributed by atoms with van der Waals surface area (Å²) in [4.78, 5) is 4.43. The zero-order valence-corrected chi connectivity index (χ0v) is 11.8. The molecule has 3 aromatic rings. The molecule has 0 amide bonds. The highest BCUT2D eigenvalue weighted by Crippen LogP contribution is 2.29. The number of fused-ring (bicyclic) bond motifs is 1. The summed E-state index contributed by atoms with van der Waals surface area (Å²) in [7, 11) is 0. The SMILES string of the molecule is Nc1c(-c2ccc(C(F)F)cc2)nc2ccc(Br)cn12. The fraction of sp³-hybridized carbons (Fsp3) is 0.0714. The lowest BCUT2D eigenvalue weighted by atomic mass is 10.1. The van der Waals surface area contributed by atoms with Gasteiger partial charge < -0.3 is 5.73 Å². The van der Waals surface area contributed by atoms with Crippen molar-refractivity contribution in [2.45, 2.75) is 6.43 Å². The van der Waals surface area contributed by atoms with Crippen LogP contribution in [0.15, 0.2) is 47.1 Å². The van der Waals surface area contributed by atoms with E-state index in [1.807, 2.05) is 18.3 Å². The molecule has 20 heavy (non-hydrogen) atoms. The van der Waals surface area contributed by atoms with Crippen LogP contribution in [0.25, 0.3) is 16.9 Å². The molecular weight excluding hydrogens is 328 g/mol. The Hall–Kier alpha value is -1.95. The second-order valence-corrected chi connectivity index (χ2v) is 5.26. The molecule has 0 aliphatic heterocycles. The molecule has 0 saturated heterocycles. The highest BCUT2D eigenvalue weighted by molar-refractivity contribution is 9.10. The summed E-state index contributed by atoms with van der Waals surface area (Å²) in [5, 5.41) is 0. The van der Waals surface area contributed by atoms with Crippen molar-refractivity contribution in [3.63, 3.8) is 0 Å². The summed E-state index contributed by atoms with van der Waals surface area (Å²) in [5.74, 6) is 0.478. The Labute approximate surface area is 122 Å². The largest absolute Gasteiger partial charge is 0.383 e. The van der Waals surface area contributed by atoms with E-state index in [2.05, 4.69) is 20.9 Å². The van der Waals surface area contributed by atoms with E-state index in [0.29, 0.717) is 22.7 Å². The molecule has 3 rings (SSSR count). The van der Waals surface area contributed by atoms with E-state index in [-0.39, 0.29) is 5.56 Å². The van der Waals surface area contributed by atoms with Crippen molar-refractivity contribution < 1.29 is 8.78 Å². The van der Waals surface area contributed by atoms with Crippen molar-refractivity contribution in [2.24, 2.45) is 0 Å². The van der Waals surface area contributed by atoms with Gasteiger partial charge in [-0.3, -0.25) is 4.40 Å². The second-order valence-electron chi connectivity index (χ2n) is 4.34. The quantitative estimate of drug-likeness (QED) is 0.758. The Kier molecular flexibility index (Phi) is 3.17. The Balaban J connectivity index is 2.12. The van der Waals surface area contributed by atoms with E-state index >= 15 is 0 Å². The number of hydrogen-bond acceptors (Lipinski definition) is 2. The van der Waals surface area contributed by atoms with Gasteiger partial charge in [0.05, 0.1) is 0 Å². The molecule has 0 fully saturated rings. The Morgan fingerprint density at radius 3 is 2.45 bits per heavy atom. The first kappa shape index (κ1) is 13.1. The van der Waals surface area contributed by atoms with E-state index in [0.717, 1.165) is 4.47 Å². The van der Waals surface area contributed by atoms with E-state index < -0.39 is 6.43 Å². The molecule has 1 aromatic carbocycles. The van der Waals surface area contributed by atoms with Crippen LogP contribution in [-0.2, 0) is 0 Å². The molecule has 0 radical (unpaired) electrons. The van der Waals surface area contributed by atoms with E-state index in [1.54, 1.807) is 16.5 Å². The maximum Gasteiger partial charge on any atom is 0.263 e. The van der Waals surface area contributed by atoms with Crippen molar-refractivity contribution in [1.82, 2.24) is 9.38 Å². The highest BCUT2D eigenvalue weighted by atomic mass is 79.9. The molecule has 0 atom stereocenters. The van der Waals surface area contributed by atoms with Crippen LogP contribution >= 0.6 is 15.9 Å². The van der Waals surface area contributed by atoms with Crippen molar-refractivity contribution >= 4 is 27.4 Å². The number of halogens is 3. The summed E-state index contributed by atoms with van der Waals surface area (Å²) in [5.41, 5.74) is 8.06. The second kappa shape index (κ2) is 4.86. The van der Waals surface area contributed by atoms with Gasteiger partial charge in [-0.05, 0) is 28.1 Å². The number of nitrogens with zero attached hydrogens (tertiary/aromatic N) is 2. The minimum absolute atomic E-state index is 0.0150. The predicted molar refractivity (Wildman–Crippen MR) is 77.7 cm³/mol. The molecular formula is C14H10BrF2N3. The third-order valence-corrected chi connectivity index (χ3v) is 3.52. The Bertz CT molecular complexity index is 766. The van der Waals surface area contributed by atoms with E-state index in [9.17, 15) is 8.78 Å². The fourth-order valence-corrected chi connectivity index (χ4v) is 2.37. The smallest absolute Gasteiger partial charge is 0.263 e. The van der Waals surface area contributed by atoms with Gasteiger partial charge in [-0.2, -0.15) is 0 Å². The van der Waals surface area contributed by atoms with E-state index in [1.165, 1.54) is 12.1 Å². The fourth-order valence-electron chi connectivity index (χ4n) is 2.04. The van der Waals surface area contributed by atoms with Crippen molar-refractivity contribution in [3.8, 4) is 11.3 Å². The zero-order chi connectivity index (χ0) is 14.3. The number of nitrogen functional groups attached to an aromatic ring is 1. The summed E-state index contributed by atoms with van der Waals surface area (Å²) >= 11 is 3.37. The third-order valence-electron chi connectivity index (χ3n) is 3.06. The summed E-state index contributed by atoms with van der Waals surface area (Å²) in [6.07, 6.45) is -0.660. The first-order chi connectivity index (χ1) is 9.56. The van der Waals surface area contributed by atoms with E-state index in [4.69, 9.17) is 5.73 Å². The van der Waals surface area contributed by atoms with Gasteiger partial charge in [-0.25, -0.2) is 13.8 Å². The minimum atomic E-state index is -2.47. The van der Waals surface area contributed by atoms with Crippen LogP contribution < -0.4 is 5.73 Å². The zero-order valence-electron chi connectivity index (χ0n) is 10.2. The number of aromatic nitrogens is 2. The van der Waals surface area contributed by atoms with Gasteiger partial charge in [0.2, 0.25) is 0 Å². The maximum absolute atomic E-state index is 12.5. The normalized spacial score (nSPS) is 11.4. The van der Waals surface area contributed by atoms with Crippen LogP contribution in [0.2, 0.25) is 0 Å². The van der Waals surface area contributed by atoms with Gasteiger partial charge in [-0.1, -0.05) is 24.3 Å². The number of rotatable bonds is 2. The molecule has 0 unspecified atom stereocenters. The third kappa shape index (κ3) is 2.16. The first-order valence-electron chi connectivity index (χ1n) is 5.88. The van der Waals surface area contributed by atoms with Crippen molar-refractivity contribution in [1.29, 1.82) is 0 Å². The van der Waals surface area contributed by atoms with Gasteiger partial charge in [0.15, 0.2) is 0 Å². The van der Waals surface area contributed by atoms with Gasteiger partial charge in [0.25, 0.3) is 6.43 Å². The molecule has 6 heteroatoms. The van der Waals surface area contributed by atoms with Crippen LogP contribution in [-0.4, -0.2) is 9.38 Å². The molecule has 2 aromatic heterocycles. The molecule has 0 spiro atoms. The molecule has 3 nitrogen and oxygen atoms in total. The van der Waals surface area contributed by atoms with Gasteiger partial charge in [0, 0.05) is 21.8 Å². The first-order valence-corrected chi connectivity index (χ1v) is 6.67. The number of nitrogens with two attached hydrogens (primary N) is 1. The number of imidazole rings is 1. The lowest BCUT2D eigenvalue weighted by Crippen LogP contribution is -1.94. The molecule has 102 valence electrons. The lowest BCUT2D eigenvalue weighted by molar-refractivity contribution is 0.151. The number of pyridine rings is 1. The average Bonchev–Trinajstić information content (AvgIpc) is 2.76. The highest BCUT2D eigenvalue weighted by Gasteiger charge is 2.13. The number of benzene rings is 1. The Morgan fingerprint density at radius 1 is 1.10 bits per heavy atom. The summed E-state index contributed by atoms with van der Waals surface area (Å²) in [6.45, 7) is 0. The molecule has 0 aliphatic carbocycles. The lowest BCUT2D eigenvalue weighted by Gasteiger charge is -2.02. The standard InChI is InChI=1S/C14H10BrF2N3/c15-10-5-6-11-19-12(14(18)20(11)7-10)8-1-3-9(4-2-8)13(16)17/h1-7,13H,18H2. The average molecular weight is 338 g/mol. The van der Waals surface area contributed by atoms with Gasteiger partial charge in [-0.15, -0.1) is 0 Å². The van der Waals surface area contributed by atoms with Crippen LogP contribution in [0.1, 0.15) is 12.0 Å². The monoisotopic (exact) mass is 337 g/mol. The van der Waals surface area contributed by atoms with Crippen LogP contribution in [0.3, 0.4) is 0 Å². The van der Waals surface area contributed by atoms with Crippen LogP contribution in [0.5, 0.6) is 0 Å². The minimum Gasteiger partial charge on any atom is -0.383 e. The van der Waals surface area contributed by atoms with Gasteiger partial charge in [0.1, 0.15) is 17.2 Å². The van der Waals surface area contributed by atoms with Crippen molar-refractivity contribution in [3.05, 3.63) is 52.6 Å². The summed E-state index contributed by atoms with van der Waals surface area (Å²) < 4.78 is 27.7. The van der Waals surface area contributed by atoms with Crippen LogP contribution in [0, 0.1) is 0 Å². The predicted octanol–water partition coefficient (Wildman–Crippen LogP) is 4.28. The van der Waals surface area contributed by atoms with Crippen LogP contribution in [0.4, 0.5) is 14.6 Å². The number of alkyl halides is 2. The number of anilines is 1. The molecule has 0 saturated carbocycles. The maximum atomic E-state index is 12.5. The molecule has 2 N–H and O–H groups in total. The molecule has 0 aliphatic rings. The Morgan fingerprint density at radius 2 is 1.80 bits per heavy atom.